The van der Waals surface area contributed by atoms with Gasteiger partial charge >= 0.3 is 0 Å². The van der Waals surface area contributed by atoms with Crippen LogP contribution in [0.25, 0.3) is 0 Å². The smallest absolute Gasteiger partial charge is 0.241 e. The van der Waals surface area contributed by atoms with E-state index in [2.05, 4.69) is 32.3 Å². The Bertz CT molecular complexity index is 674. The molecule has 0 saturated carbocycles. The molecule has 2 aliphatic rings. The maximum atomic E-state index is 12.7. The number of nitrogens with zero attached hydrogens (tertiary/aromatic N) is 3. The number of amides is 1. The number of aromatic nitrogens is 2. The summed E-state index contributed by atoms with van der Waals surface area (Å²) in [6, 6.07) is 4.19. The summed E-state index contributed by atoms with van der Waals surface area (Å²) in [6.07, 6.45) is 4.98. The standard InChI is InChI=1S/C15H17N5OS/c21-15(13-6-12(18-19-13)14-2-1-5-22-14)20-4-3-11-10(8-20)7-16-9-17-11/h1-2,5,7,9,12-13,18-19H,3-4,6,8H2. The van der Waals surface area contributed by atoms with E-state index in [0.29, 0.717) is 6.54 Å². The zero-order valence-electron chi connectivity index (χ0n) is 12.0. The molecule has 2 aromatic rings. The molecule has 6 nitrogen and oxygen atoms in total. The van der Waals surface area contributed by atoms with E-state index in [1.165, 1.54) is 4.88 Å². The van der Waals surface area contributed by atoms with Gasteiger partial charge in [0.15, 0.2) is 0 Å². The molecule has 4 heterocycles. The van der Waals surface area contributed by atoms with Crippen molar-refractivity contribution in [2.75, 3.05) is 6.54 Å². The van der Waals surface area contributed by atoms with Crippen LogP contribution >= 0.6 is 11.3 Å². The predicted molar refractivity (Wildman–Crippen MR) is 82.9 cm³/mol. The highest BCUT2D eigenvalue weighted by Crippen LogP contribution is 2.27. The Hall–Kier alpha value is -1.83. The molecular weight excluding hydrogens is 298 g/mol. The number of hydrogen-bond donors (Lipinski definition) is 2. The Balaban J connectivity index is 1.43. The normalized spacial score (nSPS) is 24.3. The van der Waals surface area contributed by atoms with E-state index in [4.69, 9.17) is 0 Å². The second-order valence-electron chi connectivity index (χ2n) is 5.65. The fourth-order valence-corrected chi connectivity index (χ4v) is 3.86. The van der Waals surface area contributed by atoms with Crippen molar-refractivity contribution < 1.29 is 4.79 Å². The average Bonchev–Trinajstić information content (AvgIpc) is 3.24. The molecule has 1 amide bonds. The number of carbonyl (C=O) groups excluding carboxylic acids is 1. The molecule has 114 valence electrons. The highest BCUT2D eigenvalue weighted by molar-refractivity contribution is 7.10. The van der Waals surface area contributed by atoms with Crippen LogP contribution in [-0.4, -0.2) is 33.4 Å². The van der Waals surface area contributed by atoms with Gasteiger partial charge in [-0.05, 0) is 17.9 Å². The van der Waals surface area contributed by atoms with Crippen LogP contribution in [0.4, 0.5) is 0 Å². The molecule has 2 aromatic heterocycles. The van der Waals surface area contributed by atoms with Gasteiger partial charge in [0, 0.05) is 36.1 Å². The van der Waals surface area contributed by atoms with E-state index >= 15 is 0 Å². The van der Waals surface area contributed by atoms with Crippen LogP contribution in [0.1, 0.15) is 28.6 Å². The minimum absolute atomic E-state index is 0.154. The molecule has 0 radical (unpaired) electrons. The highest BCUT2D eigenvalue weighted by atomic mass is 32.1. The zero-order valence-corrected chi connectivity index (χ0v) is 12.8. The molecule has 1 saturated heterocycles. The summed E-state index contributed by atoms with van der Waals surface area (Å²) in [5.74, 6) is 0.154. The largest absolute Gasteiger partial charge is 0.336 e. The van der Waals surface area contributed by atoms with Crippen molar-refractivity contribution in [2.45, 2.75) is 31.5 Å². The summed E-state index contributed by atoms with van der Waals surface area (Å²) in [6.45, 7) is 1.33. The predicted octanol–water partition coefficient (Wildman–Crippen LogP) is 1.03. The number of rotatable bonds is 2. The number of nitrogens with one attached hydrogen (secondary N) is 2. The topological polar surface area (TPSA) is 70.2 Å². The molecule has 7 heteroatoms. The number of carbonyl (C=O) groups is 1. The molecule has 0 spiro atoms. The molecule has 2 N–H and O–H groups in total. The Kier molecular flexibility index (Phi) is 3.61. The summed E-state index contributed by atoms with van der Waals surface area (Å²) in [7, 11) is 0. The third-order valence-electron chi connectivity index (χ3n) is 4.26. The van der Waals surface area contributed by atoms with Crippen LogP contribution in [0.15, 0.2) is 30.0 Å². The minimum atomic E-state index is -0.168. The lowest BCUT2D eigenvalue weighted by Crippen LogP contribution is -2.47. The van der Waals surface area contributed by atoms with Crippen LogP contribution in [-0.2, 0) is 17.8 Å². The maximum absolute atomic E-state index is 12.7. The van der Waals surface area contributed by atoms with E-state index < -0.39 is 0 Å². The molecule has 0 bridgehead atoms. The van der Waals surface area contributed by atoms with E-state index in [1.54, 1.807) is 17.7 Å². The summed E-state index contributed by atoms with van der Waals surface area (Å²) >= 11 is 1.72. The Morgan fingerprint density at radius 3 is 3.23 bits per heavy atom. The Labute approximate surface area is 132 Å². The van der Waals surface area contributed by atoms with E-state index in [0.717, 1.165) is 30.6 Å². The van der Waals surface area contributed by atoms with Gasteiger partial charge in [-0.2, -0.15) is 0 Å². The number of hydrogen-bond acceptors (Lipinski definition) is 6. The first-order valence-corrected chi connectivity index (χ1v) is 8.30. The Morgan fingerprint density at radius 2 is 2.36 bits per heavy atom. The lowest BCUT2D eigenvalue weighted by Gasteiger charge is -2.29. The first-order chi connectivity index (χ1) is 10.8. The van der Waals surface area contributed by atoms with E-state index in [-0.39, 0.29) is 18.0 Å². The van der Waals surface area contributed by atoms with Gasteiger partial charge in [0.1, 0.15) is 12.4 Å². The highest BCUT2D eigenvalue weighted by Gasteiger charge is 2.34. The molecule has 0 aliphatic carbocycles. The van der Waals surface area contributed by atoms with Crippen LogP contribution < -0.4 is 10.9 Å². The van der Waals surface area contributed by atoms with Crippen molar-refractivity contribution >= 4 is 17.2 Å². The molecule has 2 atom stereocenters. The summed E-state index contributed by atoms with van der Waals surface area (Å²) in [5.41, 5.74) is 8.51. The van der Waals surface area contributed by atoms with Crippen molar-refractivity contribution in [3.8, 4) is 0 Å². The van der Waals surface area contributed by atoms with Crippen molar-refractivity contribution in [1.29, 1.82) is 0 Å². The molecule has 4 rings (SSSR count). The molecule has 2 aliphatic heterocycles. The minimum Gasteiger partial charge on any atom is -0.336 e. The van der Waals surface area contributed by atoms with Crippen molar-refractivity contribution in [2.24, 2.45) is 0 Å². The average molecular weight is 315 g/mol. The number of hydrazine groups is 1. The van der Waals surface area contributed by atoms with Crippen LogP contribution in [0.3, 0.4) is 0 Å². The summed E-state index contributed by atoms with van der Waals surface area (Å²) < 4.78 is 0. The van der Waals surface area contributed by atoms with Crippen molar-refractivity contribution in [1.82, 2.24) is 25.7 Å². The lowest BCUT2D eigenvalue weighted by molar-refractivity contribution is -0.134. The first kappa shape index (κ1) is 13.8. The monoisotopic (exact) mass is 315 g/mol. The molecule has 22 heavy (non-hydrogen) atoms. The van der Waals surface area contributed by atoms with Gasteiger partial charge in [0.25, 0.3) is 0 Å². The molecule has 2 unspecified atom stereocenters. The quantitative estimate of drug-likeness (QED) is 0.866. The first-order valence-electron chi connectivity index (χ1n) is 7.42. The van der Waals surface area contributed by atoms with Crippen LogP contribution in [0, 0.1) is 0 Å². The van der Waals surface area contributed by atoms with Crippen molar-refractivity contribution in [3.63, 3.8) is 0 Å². The lowest BCUT2D eigenvalue weighted by atomic mass is 10.0. The molecular formula is C15H17N5OS. The van der Waals surface area contributed by atoms with Gasteiger partial charge in [-0.1, -0.05) is 6.07 Å². The van der Waals surface area contributed by atoms with Crippen LogP contribution in [0.2, 0.25) is 0 Å². The second-order valence-corrected chi connectivity index (χ2v) is 6.63. The van der Waals surface area contributed by atoms with Gasteiger partial charge < -0.3 is 4.90 Å². The van der Waals surface area contributed by atoms with Gasteiger partial charge in [0.05, 0.1) is 11.7 Å². The Morgan fingerprint density at radius 1 is 1.41 bits per heavy atom. The third kappa shape index (κ3) is 2.51. The summed E-state index contributed by atoms with van der Waals surface area (Å²) in [5, 5.41) is 2.06. The fourth-order valence-electron chi connectivity index (χ4n) is 3.07. The maximum Gasteiger partial charge on any atom is 0.241 e. The van der Waals surface area contributed by atoms with E-state index in [9.17, 15) is 4.79 Å². The third-order valence-corrected chi connectivity index (χ3v) is 5.25. The van der Waals surface area contributed by atoms with Gasteiger partial charge in [-0.15, -0.1) is 11.3 Å². The number of fused-ring (bicyclic) bond motifs is 1. The zero-order chi connectivity index (χ0) is 14.9. The van der Waals surface area contributed by atoms with E-state index in [1.807, 2.05) is 17.2 Å². The van der Waals surface area contributed by atoms with Gasteiger partial charge in [-0.25, -0.2) is 20.8 Å². The summed E-state index contributed by atoms with van der Waals surface area (Å²) in [4.78, 5) is 24.2. The fraction of sp³-hybridized carbons (Fsp3) is 0.400. The second kappa shape index (κ2) is 5.75. The molecule has 0 aromatic carbocycles. The van der Waals surface area contributed by atoms with Gasteiger partial charge in [0.2, 0.25) is 5.91 Å². The molecule has 1 fully saturated rings. The SMILES string of the molecule is O=C(C1CC(c2cccs2)NN1)N1CCc2ncncc2C1. The van der Waals surface area contributed by atoms with Crippen molar-refractivity contribution in [3.05, 3.63) is 46.2 Å². The van der Waals surface area contributed by atoms with Gasteiger partial charge in [-0.3, -0.25) is 4.79 Å². The number of thiophene rings is 1. The van der Waals surface area contributed by atoms with Crippen LogP contribution in [0.5, 0.6) is 0 Å².